The van der Waals surface area contributed by atoms with E-state index in [4.69, 9.17) is 41.5 Å². The summed E-state index contributed by atoms with van der Waals surface area (Å²) in [6.07, 6.45) is -11.0. The highest BCUT2D eigenvalue weighted by Gasteiger charge is 2.37. The van der Waals surface area contributed by atoms with Crippen molar-refractivity contribution < 1.29 is 78.2 Å². The number of alkyl halides is 9. The maximum Gasteiger partial charge on any atom is 0.506 e. The molecule has 1 fully saturated rings. The monoisotopic (exact) mass is 1110 g/mol. The van der Waals surface area contributed by atoms with Crippen molar-refractivity contribution in [2.45, 2.75) is 117 Å². The quantitative estimate of drug-likeness (QED) is 0.0496. The fourth-order valence-electron chi connectivity index (χ4n) is 6.59. The molecule has 0 radical (unpaired) electrons. The zero-order valence-electron chi connectivity index (χ0n) is 41.1. The second-order valence-corrected chi connectivity index (χ2v) is 20.1. The van der Waals surface area contributed by atoms with Crippen molar-refractivity contribution in [1.82, 2.24) is 14.0 Å². The van der Waals surface area contributed by atoms with Crippen LogP contribution >= 0.6 is 15.9 Å². The molecule has 1 amide bonds. The summed E-state index contributed by atoms with van der Waals surface area (Å²) >= 11 is 2.93. The smallest absolute Gasteiger partial charge is 0.444 e. The Kier molecular flexibility index (Phi) is 19.8. The number of rotatable bonds is 3. The van der Waals surface area contributed by atoms with Gasteiger partial charge in [-0.1, -0.05) is 15.9 Å². The molecule has 0 bridgehead atoms. The number of nitrogens with zero attached hydrogens (tertiary/aromatic N) is 3. The first kappa shape index (κ1) is 61.0. The summed E-state index contributed by atoms with van der Waals surface area (Å²) in [6, 6.07) is 15.5. The van der Waals surface area contributed by atoms with Crippen LogP contribution in [0.2, 0.25) is 0 Å². The molecule has 6 rings (SSSR count). The Bertz CT molecular complexity index is 2670. The standard InChI is InChI=1S/C16H21F3N2O2.C16H17F3N2O2.C9H14BNO4.C7H5BrF3N/c2*1-15(2,3)23-14(22)21-6-4-5-13(21)10-7-11(16(17,18)19)9-12(20)8-10;1-9(2,3)15-8(12)11-6-4-5-7(11)10(13)14;8-5-1-4(7(9,10)11)2-6(12)3-5/h7-9,13H,4-6,20H2,1-3H3;4-9H,20H2,1-3H3;4-6,13-14H,1-3H3;1-3H,12H2. The molecule has 5 aromatic rings. The van der Waals surface area contributed by atoms with Gasteiger partial charge in [0.2, 0.25) is 0 Å². The molecule has 2 aromatic heterocycles. The Hall–Kier alpha value is -6.34. The van der Waals surface area contributed by atoms with Crippen molar-refractivity contribution in [3.05, 3.63) is 118 Å². The molecular formula is C48H57BBrF9N6O8. The molecule has 25 heteroatoms. The van der Waals surface area contributed by atoms with Crippen molar-refractivity contribution in [2.24, 2.45) is 0 Å². The molecular weight excluding hydrogens is 1050 g/mol. The summed E-state index contributed by atoms with van der Waals surface area (Å²) in [5.74, 6) is 0. The number of amides is 1. The van der Waals surface area contributed by atoms with E-state index in [2.05, 4.69) is 15.9 Å². The summed E-state index contributed by atoms with van der Waals surface area (Å²) in [4.78, 5) is 37.5. The van der Waals surface area contributed by atoms with Crippen LogP contribution in [0.3, 0.4) is 0 Å². The molecule has 0 saturated carbocycles. The second-order valence-electron chi connectivity index (χ2n) is 19.2. The maximum absolute atomic E-state index is 13.0. The van der Waals surface area contributed by atoms with Crippen molar-refractivity contribution in [3.8, 4) is 11.3 Å². The minimum atomic E-state index is -4.52. The van der Waals surface area contributed by atoms with Crippen LogP contribution in [-0.2, 0) is 32.7 Å². The third-order valence-electron chi connectivity index (χ3n) is 9.37. The number of hydrogen-bond donors (Lipinski definition) is 5. The molecule has 14 nitrogen and oxygen atoms in total. The van der Waals surface area contributed by atoms with E-state index in [1.165, 1.54) is 47.6 Å². The molecule has 1 saturated heterocycles. The lowest BCUT2D eigenvalue weighted by Crippen LogP contribution is -2.40. The molecule has 1 atom stereocenters. The lowest BCUT2D eigenvalue weighted by molar-refractivity contribution is -0.138. The van der Waals surface area contributed by atoms with Gasteiger partial charge in [0.15, 0.2) is 0 Å². The highest BCUT2D eigenvalue weighted by atomic mass is 79.9. The van der Waals surface area contributed by atoms with Crippen LogP contribution in [0.25, 0.3) is 11.3 Å². The lowest BCUT2D eigenvalue weighted by Gasteiger charge is -2.29. The van der Waals surface area contributed by atoms with Crippen LogP contribution in [-0.4, -0.2) is 72.8 Å². The van der Waals surface area contributed by atoms with Gasteiger partial charge in [-0.25, -0.2) is 14.4 Å². The Morgan fingerprint density at radius 2 is 1.01 bits per heavy atom. The van der Waals surface area contributed by atoms with E-state index < -0.39 is 83.5 Å². The number of aromatic nitrogens is 2. The van der Waals surface area contributed by atoms with Crippen LogP contribution in [0.5, 0.6) is 0 Å². The first-order valence-electron chi connectivity index (χ1n) is 21.9. The van der Waals surface area contributed by atoms with E-state index in [-0.39, 0.29) is 33.9 Å². The molecule has 1 aliphatic rings. The normalized spacial score (nSPS) is 14.1. The number of halogens is 10. The Morgan fingerprint density at radius 1 is 0.589 bits per heavy atom. The fraction of sp³-hybridized carbons (Fsp3) is 0.396. The number of carbonyl (C=O) groups is 3. The Morgan fingerprint density at radius 3 is 1.49 bits per heavy atom. The summed E-state index contributed by atoms with van der Waals surface area (Å²) in [5, 5.41) is 17.9. The van der Waals surface area contributed by atoms with Crippen LogP contribution < -0.4 is 22.8 Å². The zero-order chi connectivity index (χ0) is 55.8. The maximum atomic E-state index is 13.0. The van der Waals surface area contributed by atoms with Gasteiger partial charge in [0.25, 0.3) is 0 Å². The first-order valence-corrected chi connectivity index (χ1v) is 22.7. The highest BCUT2D eigenvalue weighted by molar-refractivity contribution is 9.10. The Balaban J connectivity index is 0.000000265. The molecule has 400 valence electrons. The number of anilines is 3. The molecule has 1 unspecified atom stereocenters. The number of hydrogen-bond acceptors (Lipinski definition) is 11. The third-order valence-corrected chi connectivity index (χ3v) is 9.83. The lowest BCUT2D eigenvalue weighted by atomic mass is 9.86. The van der Waals surface area contributed by atoms with E-state index in [1.54, 1.807) is 74.4 Å². The van der Waals surface area contributed by atoms with E-state index >= 15 is 0 Å². The number of nitrogens with two attached hydrogens (primary N) is 3. The van der Waals surface area contributed by atoms with Crippen LogP contribution in [0.4, 0.5) is 71.0 Å². The molecule has 3 heterocycles. The third kappa shape index (κ3) is 19.6. The second kappa shape index (κ2) is 23.7. The van der Waals surface area contributed by atoms with Gasteiger partial charge in [0, 0.05) is 46.0 Å². The van der Waals surface area contributed by atoms with Crippen LogP contribution in [0.15, 0.2) is 95.7 Å². The van der Waals surface area contributed by atoms with E-state index in [9.17, 15) is 53.9 Å². The number of nitrogen functional groups attached to an aromatic ring is 3. The van der Waals surface area contributed by atoms with E-state index in [1.807, 2.05) is 0 Å². The number of carbonyl (C=O) groups excluding carboxylic acids is 3. The molecule has 3 aromatic carbocycles. The van der Waals surface area contributed by atoms with Gasteiger partial charge in [0.1, 0.15) is 16.8 Å². The predicted molar refractivity (Wildman–Crippen MR) is 261 cm³/mol. The molecule has 8 N–H and O–H groups in total. The average Bonchev–Trinajstić information content (AvgIpc) is 4.00. The molecule has 1 aliphatic heterocycles. The Labute approximate surface area is 424 Å². The fourth-order valence-corrected chi connectivity index (χ4v) is 7.10. The van der Waals surface area contributed by atoms with Gasteiger partial charge in [-0.2, -0.15) is 39.5 Å². The summed E-state index contributed by atoms with van der Waals surface area (Å²) < 4.78 is 132. The molecule has 73 heavy (non-hydrogen) atoms. The van der Waals surface area contributed by atoms with E-state index in [0.717, 1.165) is 45.5 Å². The minimum absolute atomic E-state index is 0.0332. The van der Waals surface area contributed by atoms with Gasteiger partial charge in [0.05, 0.1) is 34.0 Å². The minimum Gasteiger partial charge on any atom is -0.444 e. The summed E-state index contributed by atoms with van der Waals surface area (Å²) in [6.45, 7) is 16.0. The number of likely N-dealkylation sites (tertiary alicyclic amines) is 1. The summed E-state index contributed by atoms with van der Waals surface area (Å²) in [5.41, 5.74) is 13.0. The molecule has 0 spiro atoms. The van der Waals surface area contributed by atoms with Gasteiger partial charge in [-0.05, 0) is 160 Å². The SMILES string of the molecule is CC(C)(C)OC(=O)N1CCCC1c1cc(N)cc(C(F)(F)F)c1.CC(C)(C)OC(=O)n1cccc1-c1cc(N)cc(C(F)(F)F)c1.CC(C)(C)OC(=O)n1cccc1B(O)O.Nc1cc(Br)cc(C(F)(F)F)c1. The zero-order valence-corrected chi connectivity index (χ0v) is 42.7. The van der Waals surface area contributed by atoms with Crippen molar-refractivity contribution >= 4 is 64.0 Å². The molecule has 0 aliphatic carbocycles. The van der Waals surface area contributed by atoms with Crippen LogP contribution in [0.1, 0.15) is 103 Å². The highest BCUT2D eigenvalue weighted by Crippen LogP contribution is 2.39. The van der Waals surface area contributed by atoms with Gasteiger partial charge < -0.3 is 46.4 Å². The van der Waals surface area contributed by atoms with E-state index in [0.29, 0.717) is 29.4 Å². The van der Waals surface area contributed by atoms with Gasteiger partial charge >= 0.3 is 43.9 Å². The van der Waals surface area contributed by atoms with Crippen molar-refractivity contribution in [1.29, 1.82) is 0 Å². The van der Waals surface area contributed by atoms with Gasteiger partial charge in [-0.3, -0.25) is 9.13 Å². The summed E-state index contributed by atoms with van der Waals surface area (Å²) in [7, 11) is -1.69. The van der Waals surface area contributed by atoms with Crippen molar-refractivity contribution in [3.63, 3.8) is 0 Å². The number of ether oxygens (including phenoxy) is 3. The topological polar surface area (TPSA) is 211 Å². The van der Waals surface area contributed by atoms with Crippen molar-refractivity contribution in [2.75, 3.05) is 23.7 Å². The number of benzene rings is 3. The first-order chi connectivity index (χ1) is 33.1. The van der Waals surface area contributed by atoms with Gasteiger partial charge in [-0.15, -0.1) is 0 Å². The predicted octanol–water partition coefficient (Wildman–Crippen LogP) is 11.9. The largest absolute Gasteiger partial charge is 0.506 e. The van der Waals surface area contributed by atoms with Crippen LogP contribution in [0, 0.1) is 0 Å². The average molecular weight is 1110 g/mol.